The van der Waals surface area contributed by atoms with Gasteiger partial charge in [-0.1, -0.05) is 11.6 Å². The molecule has 2 aromatic carbocycles. The molecule has 158 valence electrons. The van der Waals surface area contributed by atoms with Gasteiger partial charge in [0.05, 0.1) is 5.52 Å². The van der Waals surface area contributed by atoms with Crippen LogP contribution in [0.3, 0.4) is 0 Å². The van der Waals surface area contributed by atoms with Crippen LogP contribution in [0.15, 0.2) is 53.6 Å². The number of nitrogens with one attached hydrogen (secondary N) is 2. The van der Waals surface area contributed by atoms with E-state index in [1.54, 1.807) is 6.20 Å². The van der Waals surface area contributed by atoms with Crippen LogP contribution in [0.4, 0.5) is 14.5 Å². The van der Waals surface area contributed by atoms with Crippen molar-refractivity contribution in [2.45, 2.75) is 42.7 Å². The van der Waals surface area contributed by atoms with Crippen LogP contribution in [-0.2, 0) is 10.0 Å². The second-order valence-electron chi connectivity index (χ2n) is 7.41. The Bertz CT molecular complexity index is 1180. The number of pyridine rings is 1. The van der Waals surface area contributed by atoms with Gasteiger partial charge in [-0.25, -0.2) is 21.9 Å². The maximum absolute atomic E-state index is 13.9. The predicted octanol–water partition coefficient (Wildman–Crippen LogP) is 4.87. The van der Waals surface area contributed by atoms with E-state index in [9.17, 15) is 17.2 Å². The fourth-order valence-electron chi connectivity index (χ4n) is 3.80. The van der Waals surface area contributed by atoms with E-state index in [-0.39, 0.29) is 12.1 Å². The largest absolute Gasteiger partial charge is 0.382 e. The molecule has 0 spiro atoms. The van der Waals surface area contributed by atoms with Crippen molar-refractivity contribution in [1.82, 2.24) is 9.71 Å². The van der Waals surface area contributed by atoms with Gasteiger partial charge in [0.2, 0.25) is 10.0 Å². The van der Waals surface area contributed by atoms with Crippen molar-refractivity contribution in [1.29, 1.82) is 0 Å². The summed E-state index contributed by atoms with van der Waals surface area (Å²) in [6.07, 6.45) is 4.42. The first-order valence-electron chi connectivity index (χ1n) is 9.60. The average molecular weight is 452 g/mol. The molecule has 9 heteroatoms. The third-order valence-electron chi connectivity index (χ3n) is 5.30. The molecule has 3 aromatic rings. The number of fused-ring (bicyclic) bond motifs is 1. The molecule has 5 nitrogen and oxygen atoms in total. The molecule has 1 aromatic heterocycles. The summed E-state index contributed by atoms with van der Waals surface area (Å²) in [5.74, 6) is -1.91. The Morgan fingerprint density at radius 3 is 2.43 bits per heavy atom. The highest BCUT2D eigenvalue weighted by Gasteiger charge is 2.27. The van der Waals surface area contributed by atoms with Crippen LogP contribution in [0, 0.1) is 11.6 Å². The molecule has 2 N–H and O–H groups in total. The Balaban J connectivity index is 1.40. The smallest absolute Gasteiger partial charge is 0.243 e. The number of hydrogen-bond acceptors (Lipinski definition) is 4. The number of sulfonamides is 1. The van der Waals surface area contributed by atoms with E-state index in [1.807, 2.05) is 24.3 Å². The maximum Gasteiger partial charge on any atom is 0.243 e. The highest BCUT2D eigenvalue weighted by molar-refractivity contribution is 7.89. The SMILES string of the molecule is O=S(=O)(N[C@H]1CC[C@@H](Nc2ccnc3cc(Cl)ccc23)CC1)c1ccc(F)cc1F. The molecule has 1 aliphatic carbocycles. The molecule has 1 fully saturated rings. The number of hydrogen-bond donors (Lipinski definition) is 2. The van der Waals surface area contributed by atoms with Crippen LogP contribution < -0.4 is 10.0 Å². The van der Waals surface area contributed by atoms with E-state index in [0.29, 0.717) is 23.9 Å². The molecule has 0 aliphatic heterocycles. The Labute approximate surface area is 178 Å². The summed E-state index contributed by atoms with van der Waals surface area (Å²) in [7, 11) is -4.05. The van der Waals surface area contributed by atoms with Gasteiger partial charge in [-0.3, -0.25) is 4.98 Å². The fraction of sp³-hybridized carbons (Fsp3) is 0.286. The average Bonchev–Trinajstić information content (AvgIpc) is 2.69. The minimum absolute atomic E-state index is 0.176. The van der Waals surface area contributed by atoms with Gasteiger partial charge in [0.25, 0.3) is 0 Å². The molecular weight excluding hydrogens is 432 g/mol. The maximum atomic E-state index is 13.9. The molecule has 1 heterocycles. The van der Waals surface area contributed by atoms with Crippen molar-refractivity contribution < 1.29 is 17.2 Å². The summed E-state index contributed by atoms with van der Waals surface area (Å²) in [5.41, 5.74) is 1.75. The second-order valence-corrected chi connectivity index (χ2v) is 9.53. The molecule has 0 atom stereocenters. The first kappa shape index (κ1) is 21.0. The fourth-order valence-corrected chi connectivity index (χ4v) is 5.33. The van der Waals surface area contributed by atoms with Crippen molar-refractivity contribution in [3.63, 3.8) is 0 Å². The summed E-state index contributed by atoms with van der Waals surface area (Å²) in [4.78, 5) is 3.80. The van der Waals surface area contributed by atoms with Gasteiger partial charge in [0, 0.05) is 40.4 Å². The third kappa shape index (κ3) is 4.55. The number of halogens is 3. The monoisotopic (exact) mass is 451 g/mol. The first-order valence-corrected chi connectivity index (χ1v) is 11.5. The first-order chi connectivity index (χ1) is 14.3. The summed E-state index contributed by atoms with van der Waals surface area (Å²) < 4.78 is 54.4. The van der Waals surface area contributed by atoms with Gasteiger partial charge in [0.1, 0.15) is 16.5 Å². The molecule has 0 saturated heterocycles. The minimum Gasteiger partial charge on any atom is -0.382 e. The highest BCUT2D eigenvalue weighted by Crippen LogP contribution is 2.29. The van der Waals surface area contributed by atoms with Gasteiger partial charge in [0.15, 0.2) is 0 Å². The number of anilines is 1. The molecule has 0 amide bonds. The molecule has 0 radical (unpaired) electrons. The molecule has 30 heavy (non-hydrogen) atoms. The van der Waals surface area contributed by atoms with Gasteiger partial charge in [-0.2, -0.15) is 0 Å². The predicted molar refractivity (Wildman–Crippen MR) is 113 cm³/mol. The quantitative estimate of drug-likeness (QED) is 0.580. The topological polar surface area (TPSA) is 71.1 Å². The van der Waals surface area contributed by atoms with Crippen molar-refractivity contribution in [3.05, 3.63) is 65.3 Å². The Kier molecular flexibility index (Phi) is 5.90. The summed E-state index contributed by atoms with van der Waals surface area (Å²) >= 11 is 6.03. The summed E-state index contributed by atoms with van der Waals surface area (Å²) in [5, 5.41) is 5.10. The zero-order valence-electron chi connectivity index (χ0n) is 15.9. The lowest BCUT2D eigenvalue weighted by Gasteiger charge is -2.30. The second kappa shape index (κ2) is 8.45. The van der Waals surface area contributed by atoms with Gasteiger partial charge >= 0.3 is 0 Å². The van der Waals surface area contributed by atoms with Crippen molar-refractivity contribution >= 4 is 38.2 Å². The molecule has 1 saturated carbocycles. The lowest BCUT2D eigenvalue weighted by atomic mass is 9.91. The minimum atomic E-state index is -4.05. The van der Waals surface area contributed by atoms with Crippen molar-refractivity contribution in [2.24, 2.45) is 0 Å². The summed E-state index contributed by atoms with van der Waals surface area (Å²) in [6, 6.07) is 9.78. The molecule has 1 aliphatic rings. The third-order valence-corrected chi connectivity index (χ3v) is 7.09. The van der Waals surface area contributed by atoms with Crippen molar-refractivity contribution in [2.75, 3.05) is 5.32 Å². The summed E-state index contributed by atoms with van der Waals surface area (Å²) in [6.45, 7) is 0. The number of rotatable bonds is 5. The van der Waals surface area contributed by atoms with E-state index in [0.717, 1.165) is 41.6 Å². The van der Waals surface area contributed by atoms with Gasteiger partial charge < -0.3 is 5.32 Å². The normalized spacial score (nSPS) is 19.7. The highest BCUT2D eigenvalue weighted by atomic mass is 35.5. The zero-order valence-corrected chi connectivity index (χ0v) is 17.5. The standard InChI is InChI=1S/C21H20ClF2N3O2S/c22-13-1-7-17-19(9-10-25-20(17)11-13)26-15-3-5-16(6-4-15)27-30(28,29)21-8-2-14(23)12-18(21)24/h1-2,7-12,15-16,27H,3-6H2,(H,25,26)/t15-,16+. The molecular formula is C21H20ClF2N3O2S. The van der Waals surface area contributed by atoms with Crippen molar-refractivity contribution in [3.8, 4) is 0 Å². The number of nitrogens with zero attached hydrogens (tertiary/aromatic N) is 1. The molecule has 0 unspecified atom stereocenters. The van der Waals surface area contributed by atoms with E-state index < -0.39 is 26.6 Å². The van der Waals surface area contributed by atoms with E-state index in [2.05, 4.69) is 15.0 Å². The van der Waals surface area contributed by atoms with Gasteiger partial charge in [-0.15, -0.1) is 0 Å². The Morgan fingerprint density at radius 1 is 0.967 bits per heavy atom. The van der Waals surface area contributed by atoms with E-state index in [4.69, 9.17) is 11.6 Å². The van der Waals surface area contributed by atoms with E-state index >= 15 is 0 Å². The van der Waals surface area contributed by atoms with Crippen LogP contribution in [0.1, 0.15) is 25.7 Å². The Hall–Kier alpha value is -2.29. The Morgan fingerprint density at radius 2 is 1.70 bits per heavy atom. The lowest BCUT2D eigenvalue weighted by molar-refractivity contribution is 0.387. The zero-order chi connectivity index (χ0) is 21.3. The lowest BCUT2D eigenvalue weighted by Crippen LogP contribution is -2.40. The van der Waals surface area contributed by atoms with E-state index in [1.165, 1.54) is 0 Å². The van der Waals surface area contributed by atoms with Crippen LogP contribution >= 0.6 is 11.6 Å². The van der Waals surface area contributed by atoms with Crippen LogP contribution in [0.5, 0.6) is 0 Å². The van der Waals surface area contributed by atoms with Gasteiger partial charge in [-0.05, 0) is 62.1 Å². The van der Waals surface area contributed by atoms with Crippen LogP contribution in [0.25, 0.3) is 10.9 Å². The molecule has 0 bridgehead atoms. The number of aromatic nitrogens is 1. The van der Waals surface area contributed by atoms with Crippen LogP contribution in [0.2, 0.25) is 5.02 Å². The van der Waals surface area contributed by atoms with Crippen LogP contribution in [-0.4, -0.2) is 25.5 Å². The molecule has 4 rings (SSSR count). The number of benzene rings is 2.